The van der Waals surface area contributed by atoms with Gasteiger partial charge in [-0.05, 0) is 61.4 Å². The van der Waals surface area contributed by atoms with E-state index in [4.69, 9.17) is 4.74 Å². The molecule has 0 unspecified atom stereocenters. The summed E-state index contributed by atoms with van der Waals surface area (Å²) in [5, 5.41) is 2.87. The fourth-order valence-electron chi connectivity index (χ4n) is 4.85. The van der Waals surface area contributed by atoms with Gasteiger partial charge in [0, 0.05) is 19.5 Å². The van der Waals surface area contributed by atoms with Gasteiger partial charge in [-0.25, -0.2) is 8.42 Å². The third-order valence-corrected chi connectivity index (χ3v) is 8.82. The second-order valence-electron chi connectivity index (χ2n) is 10.1. The number of carbonyl (C=O) groups excluding carboxylic acids is 2. The van der Waals surface area contributed by atoms with Gasteiger partial charge in [-0.1, -0.05) is 78.4 Å². The Labute approximate surface area is 254 Å². The van der Waals surface area contributed by atoms with E-state index in [9.17, 15) is 18.0 Å². The average molecular weight is 600 g/mol. The van der Waals surface area contributed by atoms with E-state index in [0.29, 0.717) is 18.0 Å². The molecule has 0 aliphatic carbocycles. The zero-order valence-corrected chi connectivity index (χ0v) is 25.5. The van der Waals surface area contributed by atoms with Crippen LogP contribution >= 0.6 is 0 Å². The number of methoxy groups -OCH3 is 1. The van der Waals surface area contributed by atoms with E-state index in [1.54, 1.807) is 42.5 Å². The number of hydrogen-bond donors (Lipinski definition) is 1. The molecular formula is C34H37N3O5S. The van der Waals surface area contributed by atoms with Gasteiger partial charge in [0.2, 0.25) is 11.8 Å². The van der Waals surface area contributed by atoms with Gasteiger partial charge in [-0.15, -0.1) is 0 Å². The Morgan fingerprint density at radius 1 is 0.837 bits per heavy atom. The second-order valence-corrected chi connectivity index (χ2v) is 12.0. The molecule has 9 heteroatoms. The van der Waals surface area contributed by atoms with Gasteiger partial charge in [0.1, 0.15) is 18.3 Å². The zero-order chi connectivity index (χ0) is 30.8. The van der Waals surface area contributed by atoms with Crippen LogP contribution < -0.4 is 14.4 Å². The molecular weight excluding hydrogens is 562 g/mol. The van der Waals surface area contributed by atoms with E-state index in [-0.39, 0.29) is 23.8 Å². The van der Waals surface area contributed by atoms with Crippen molar-refractivity contribution >= 4 is 27.5 Å². The molecule has 0 aromatic heterocycles. The molecule has 4 rings (SSSR count). The van der Waals surface area contributed by atoms with Crippen LogP contribution in [0.5, 0.6) is 5.75 Å². The highest BCUT2D eigenvalue weighted by Crippen LogP contribution is 2.27. The summed E-state index contributed by atoms with van der Waals surface area (Å²) in [6.07, 6.45) is 0.262. The van der Waals surface area contributed by atoms with E-state index < -0.39 is 28.5 Å². The standard InChI is InChI=1S/C34H37N3O5S/c1-4-35-34(39)32(23-27-13-7-5-8-14-27)36(24-28-15-11-12-26(2)22-28)33(38)25-37(29-18-20-30(42-3)21-19-29)43(40,41)31-16-9-6-10-17-31/h5-22,32H,4,23-25H2,1-3H3,(H,35,39)/t32-/m0/s1. The number of nitrogens with zero attached hydrogens (tertiary/aromatic N) is 2. The van der Waals surface area contributed by atoms with E-state index in [0.717, 1.165) is 21.0 Å². The third-order valence-electron chi connectivity index (χ3n) is 7.03. The highest BCUT2D eigenvalue weighted by Gasteiger charge is 2.34. The van der Waals surface area contributed by atoms with Gasteiger partial charge in [-0.3, -0.25) is 13.9 Å². The fourth-order valence-corrected chi connectivity index (χ4v) is 6.29. The number of rotatable bonds is 13. The van der Waals surface area contributed by atoms with Gasteiger partial charge >= 0.3 is 0 Å². The molecule has 0 bridgehead atoms. The molecule has 0 heterocycles. The summed E-state index contributed by atoms with van der Waals surface area (Å²) >= 11 is 0. The molecule has 4 aromatic carbocycles. The molecule has 224 valence electrons. The summed E-state index contributed by atoms with van der Waals surface area (Å²) < 4.78 is 34.3. The maximum absolute atomic E-state index is 14.4. The van der Waals surface area contributed by atoms with Gasteiger partial charge in [0.05, 0.1) is 17.7 Å². The van der Waals surface area contributed by atoms with Gasteiger partial charge in [0.15, 0.2) is 0 Å². The largest absolute Gasteiger partial charge is 0.497 e. The highest BCUT2D eigenvalue weighted by atomic mass is 32.2. The number of anilines is 1. The van der Waals surface area contributed by atoms with Crippen LogP contribution in [0, 0.1) is 6.92 Å². The lowest BCUT2D eigenvalue weighted by Gasteiger charge is -2.34. The molecule has 0 saturated heterocycles. The number of amides is 2. The van der Waals surface area contributed by atoms with Gasteiger partial charge in [-0.2, -0.15) is 0 Å². The van der Waals surface area contributed by atoms with Crippen LogP contribution in [-0.2, 0) is 32.6 Å². The maximum atomic E-state index is 14.4. The Morgan fingerprint density at radius 2 is 1.47 bits per heavy atom. The molecule has 0 radical (unpaired) electrons. The second kappa shape index (κ2) is 14.5. The Morgan fingerprint density at radius 3 is 2.07 bits per heavy atom. The summed E-state index contributed by atoms with van der Waals surface area (Å²) in [6.45, 7) is 3.77. The normalized spacial score (nSPS) is 11.8. The Balaban J connectivity index is 1.79. The topological polar surface area (TPSA) is 96.0 Å². The molecule has 0 saturated carbocycles. The quantitative estimate of drug-likeness (QED) is 0.234. The van der Waals surface area contributed by atoms with Crippen molar-refractivity contribution in [3.8, 4) is 5.75 Å². The number of carbonyl (C=O) groups is 2. The molecule has 43 heavy (non-hydrogen) atoms. The minimum Gasteiger partial charge on any atom is -0.497 e. The molecule has 2 amide bonds. The van der Waals surface area contributed by atoms with Crippen LogP contribution in [0.2, 0.25) is 0 Å². The number of likely N-dealkylation sites (N-methyl/N-ethyl adjacent to an activating group) is 1. The summed E-state index contributed by atoms with van der Waals surface area (Å²) in [5.41, 5.74) is 3.02. The molecule has 4 aromatic rings. The van der Waals surface area contributed by atoms with Crippen molar-refractivity contribution in [1.29, 1.82) is 0 Å². The number of hydrogen-bond acceptors (Lipinski definition) is 5. The van der Waals surface area contributed by atoms with Crippen molar-refractivity contribution < 1.29 is 22.7 Å². The van der Waals surface area contributed by atoms with Crippen LogP contribution in [0.1, 0.15) is 23.6 Å². The summed E-state index contributed by atoms with van der Waals surface area (Å²) in [4.78, 5) is 29.5. The van der Waals surface area contributed by atoms with E-state index >= 15 is 0 Å². The summed E-state index contributed by atoms with van der Waals surface area (Å²) in [5.74, 6) is -0.273. The smallest absolute Gasteiger partial charge is 0.264 e. The van der Waals surface area contributed by atoms with Crippen molar-refractivity contribution in [2.75, 3.05) is 24.5 Å². The molecule has 0 aliphatic heterocycles. The number of nitrogens with one attached hydrogen (secondary N) is 1. The highest BCUT2D eigenvalue weighted by molar-refractivity contribution is 7.92. The first-order chi connectivity index (χ1) is 20.7. The minimum absolute atomic E-state index is 0.0495. The van der Waals surface area contributed by atoms with Crippen molar-refractivity contribution in [3.05, 3.63) is 126 Å². The first-order valence-electron chi connectivity index (χ1n) is 14.1. The number of sulfonamides is 1. The Bertz CT molecular complexity index is 1610. The Kier molecular flexibility index (Phi) is 10.6. The summed E-state index contributed by atoms with van der Waals surface area (Å²) in [6, 6.07) is 30.8. The molecule has 0 fully saturated rings. The molecule has 1 atom stereocenters. The zero-order valence-electron chi connectivity index (χ0n) is 24.6. The molecule has 1 N–H and O–H groups in total. The van der Waals surface area contributed by atoms with Gasteiger partial charge < -0.3 is 15.0 Å². The number of benzene rings is 4. The van der Waals surface area contributed by atoms with Crippen LogP contribution in [0.3, 0.4) is 0 Å². The predicted molar refractivity (Wildman–Crippen MR) is 168 cm³/mol. The molecule has 0 aliphatic rings. The minimum atomic E-state index is -4.15. The van der Waals surface area contributed by atoms with Crippen molar-refractivity contribution in [1.82, 2.24) is 10.2 Å². The van der Waals surface area contributed by atoms with Gasteiger partial charge in [0.25, 0.3) is 10.0 Å². The van der Waals surface area contributed by atoms with Crippen LogP contribution in [-0.4, -0.2) is 51.4 Å². The lowest BCUT2D eigenvalue weighted by molar-refractivity contribution is -0.140. The van der Waals surface area contributed by atoms with Crippen LogP contribution in [0.4, 0.5) is 5.69 Å². The van der Waals surface area contributed by atoms with E-state index in [1.165, 1.54) is 24.1 Å². The number of aryl methyl sites for hydroxylation is 1. The summed E-state index contributed by atoms with van der Waals surface area (Å²) in [7, 11) is -2.63. The first kappa shape index (κ1) is 31.3. The van der Waals surface area contributed by atoms with Crippen molar-refractivity contribution in [2.45, 2.75) is 37.8 Å². The third kappa shape index (κ3) is 8.02. The average Bonchev–Trinajstić information content (AvgIpc) is 3.02. The van der Waals surface area contributed by atoms with E-state index in [1.807, 2.05) is 68.4 Å². The van der Waals surface area contributed by atoms with E-state index in [2.05, 4.69) is 5.32 Å². The van der Waals surface area contributed by atoms with Crippen LogP contribution in [0.15, 0.2) is 114 Å². The lowest BCUT2D eigenvalue weighted by atomic mass is 10.0. The lowest BCUT2D eigenvalue weighted by Crippen LogP contribution is -2.53. The molecule has 0 spiro atoms. The SMILES string of the molecule is CCNC(=O)[C@H](Cc1ccccc1)N(Cc1cccc(C)c1)C(=O)CN(c1ccc(OC)cc1)S(=O)(=O)c1ccccc1. The number of ether oxygens (including phenoxy) is 1. The first-order valence-corrected chi connectivity index (χ1v) is 15.6. The fraction of sp³-hybridized carbons (Fsp3) is 0.235. The Hall–Kier alpha value is -4.63. The predicted octanol–water partition coefficient (Wildman–Crippen LogP) is 4.98. The van der Waals surface area contributed by atoms with Crippen LogP contribution in [0.25, 0.3) is 0 Å². The van der Waals surface area contributed by atoms with Crippen molar-refractivity contribution in [2.24, 2.45) is 0 Å². The monoisotopic (exact) mass is 599 g/mol. The van der Waals surface area contributed by atoms with Crippen molar-refractivity contribution in [3.63, 3.8) is 0 Å². The maximum Gasteiger partial charge on any atom is 0.264 e. The molecule has 8 nitrogen and oxygen atoms in total.